The van der Waals surface area contributed by atoms with Crippen LogP contribution in [-0.2, 0) is 4.84 Å². The van der Waals surface area contributed by atoms with Crippen LogP contribution in [-0.4, -0.2) is 38.8 Å². The lowest BCUT2D eigenvalue weighted by Gasteiger charge is -2.12. The molecule has 0 fully saturated rings. The van der Waals surface area contributed by atoms with Crippen molar-refractivity contribution in [1.29, 1.82) is 0 Å². The Hall–Kier alpha value is -2.56. The van der Waals surface area contributed by atoms with Gasteiger partial charge in [-0.1, -0.05) is 15.9 Å². The first-order valence-electron chi connectivity index (χ1n) is 7.18. The van der Waals surface area contributed by atoms with Crippen molar-refractivity contribution in [3.63, 3.8) is 0 Å². The van der Waals surface area contributed by atoms with Gasteiger partial charge in [-0.3, -0.25) is 9.63 Å². The molecule has 2 aromatic heterocycles. The Kier molecular flexibility index (Phi) is 5.22. The summed E-state index contributed by atoms with van der Waals surface area (Å²) in [6.07, 6.45) is 3.10. The lowest BCUT2D eigenvalue weighted by atomic mass is 10.2. The Labute approximate surface area is 149 Å². The smallest absolute Gasteiger partial charge is 0.297 e. The van der Waals surface area contributed by atoms with Crippen LogP contribution < -0.4 is 10.8 Å². The number of nitrogens with zero attached hydrogens (tertiary/aromatic N) is 3. The molecule has 0 aliphatic heterocycles. The Morgan fingerprint density at radius 1 is 1.36 bits per heavy atom. The number of nitrogens with one attached hydrogen (secondary N) is 2. The maximum Gasteiger partial charge on any atom is 0.297 e. The van der Waals surface area contributed by atoms with Crippen LogP contribution in [0.4, 0.5) is 15.8 Å². The van der Waals surface area contributed by atoms with Crippen molar-refractivity contribution in [2.75, 3.05) is 18.5 Å². The van der Waals surface area contributed by atoms with Crippen molar-refractivity contribution >= 4 is 38.9 Å². The van der Waals surface area contributed by atoms with Crippen molar-refractivity contribution in [1.82, 2.24) is 20.1 Å². The average Bonchev–Trinajstić information content (AvgIpc) is 3.04. The fourth-order valence-corrected chi connectivity index (χ4v) is 2.40. The van der Waals surface area contributed by atoms with Gasteiger partial charge in [0, 0.05) is 22.9 Å². The van der Waals surface area contributed by atoms with Crippen molar-refractivity contribution in [3.8, 4) is 0 Å². The first kappa shape index (κ1) is 17.3. The molecule has 0 atom stereocenters. The summed E-state index contributed by atoms with van der Waals surface area (Å²) in [5.41, 5.74) is 3.05. The summed E-state index contributed by atoms with van der Waals surface area (Å²) < 4.78 is 16.1. The highest BCUT2D eigenvalue weighted by molar-refractivity contribution is 9.10. The number of aliphatic hydroxyl groups is 1. The zero-order chi connectivity index (χ0) is 17.8. The Bertz CT molecular complexity index is 917. The molecule has 1 aromatic carbocycles. The van der Waals surface area contributed by atoms with Crippen LogP contribution in [0.3, 0.4) is 0 Å². The lowest BCUT2D eigenvalue weighted by molar-refractivity contribution is 0.0164. The van der Waals surface area contributed by atoms with Gasteiger partial charge in [-0.05, 0) is 18.2 Å². The number of anilines is 2. The molecule has 25 heavy (non-hydrogen) atoms. The summed E-state index contributed by atoms with van der Waals surface area (Å²) in [5.74, 6) is -1.15. The molecular weight excluding hydrogens is 397 g/mol. The predicted octanol–water partition coefficient (Wildman–Crippen LogP) is 2.03. The normalized spacial score (nSPS) is 10.8. The van der Waals surface area contributed by atoms with E-state index in [-0.39, 0.29) is 30.3 Å². The number of amides is 1. The molecule has 0 saturated heterocycles. The summed E-state index contributed by atoms with van der Waals surface area (Å²) in [6, 6.07) is 6.06. The highest BCUT2D eigenvalue weighted by atomic mass is 79.9. The monoisotopic (exact) mass is 409 g/mol. The molecule has 3 N–H and O–H groups in total. The maximum atomic E-state index is 14.1. The van der Waals surface area contributed by atoms with Crippen molar-refractivity contribution in [3.05, 3.63) is 52.6 Å². The molecule has 130 valence electrons. The number of hydrogen-bond donors (Lipinski definition) is 3. The molecule has 2 heterocycles. The molecule has 0 spiro atoms. The Balaban J connectivity index is 1.96. The minimum atomic E-state index is -0.649. The second-order valence-corrected chi connectivity index (χ2v) is 5.80. The highest BCUT2D eigenvalue weighted by Gasteiger charge is 2.17. The predicted molar refractivity (Wildman–Crippen MR) is 90.9 cm³/mol. The number of aliphatic hydroxyl groups excluding tert-OH is 1. The number of hydrogen-bond acceptors (Lipinski definition) is 6. The highest BCUT2D eigenvalue weighted by Crippen LogP contribution is 2.25. The van der Waals surface area contributed by atoms with E-state index in [1.54, 1.807) is 18.3 Å². The van der Waals surface area contributed by atoms with Crippen LogP contribution in [0.5, 0.6) is 0 Å². The number of carbonyl (C=O) groups is 1. The third-order valence-electron chi connectivity index (χ3n) is 3.16. The third-order valence-corrected chi connectivity index (χ3v) is 3.65. The summed E-state index contributed by atoms with van der Waals surface area (Å²) >= 11 is 3.19. The van der Waals surface area contributed by atoms with Gasteiger partial charge >= 0.3 is 0 Å². The lowest BCUT2D eigenvalue weighted by Crippen LogP contribution is -2.27. The number of halogens is 2. The molecule has 8 nitrogen and oxygen atoms in total. The van der Waals surface area contributed by atoms with Gasteiger partial charge in [-0.2, -0.15) is 5.10 Å². The molecular formula is C15H13BrFN5O3. The van der Waals surface area contributed by atoms with Crippen LogP contribution in [0.25, 0.3) is 5.65 Å². The minimum absolute atomic E-state index is 0.0224. The van der Waals surface area contributed by atoms with Crippen LogP contribution >= 0.6 is 15.9 Å². The van der Waals surface area contributed by atoms with Gasteiger partial charge in [0.2, 0.25) is 0 Å². The molecule has 10 heteroatoms. The third kappa shape index (κ3) is 3.92. The van der Waals surface area contributed by atoms with Crippen molar-refractivity contribution in [2.24, 2.45) is 0 Å². The van der Waals surface area contributed by atoms with Gasteiger partial charge in [0.1, 0.15) is 5.82 Å². The Morgan fingerprint density at radius 3 is 2.96 bits per heavy atom. The number of rotatable bonds is 6. The molecule has 0 aliphatic rings. The van der Waals surface area contributed by atoms with Crippen LogP contribution in [0, 0.1) is 5.82 Å². The fraction of sp³-hybridized carbons (Fsp3) is 0.133. The first-order valence-corrected chi connectivity index (χ1v) is 7.97. The van der Waals surface area contributed by atoms with E-state index in [4.69, 9.17) is 9.94 Å². The summed E-state index contributed by atoms with van der Waals surface area (Å²) in [6.45, 7) is -0.313. The van der Waals surface area contributed by atoms with Gasteiger partial charge < -0.3 is 10.4 Å². The van der Waals surface area contributed by atoms with Crippen LogP contribution in [0.1, 0.15) is 10.5 Å². The van der Waals surface area contributed by atoms with E-state index in [1.807, 2.05) is 0 Å². The first-order chi connectivity index (χ1) is 12.1. The zero-order valence-electron chi connectivity index (χ0n) is 12.7. The van der Waals surface area contributed by atoms with Gasteiger partial charge in [-0.25, -0.2) is 19.4 Å². The van der Waals surface area contributed by atoms with Crippen LogP contribution in [0.2, 0.25) is 0 Å². The van der Waals surface area contributed by atoms with E-state index >= 15 is 0 Å². The number of fused-ring (bicyclic) bond motifs is 1. The SMILES string of the molecule is O=C(NOCCO)c1nn2ccnc2cc1Nc1ccc(Br)cc1F. The van der Waals surface area contributed by atoms with E-state index in [9.17, 15) is 9.18 Å². The fourth-order valence-electron chi connectivity index (χ4n) is 2.06. The van der Waals surface area contributed by atoms with E-state index < -0.39 is 11.7 Å². The molecule has 0 aliphatic carbocycles. The molecule has 3 rings (SSSR count). The minimum Gasteiger partial charge on any atom is -0.394 e. The van der Waals surface area contributed by atoms with Gasteiger partial charge in [0.05, 0.1) is 24.6 Å². The molecule has 0 bridgehead atoms. The number of hydroxylamine groups is 1. The number of carbonyl (C=O) groups excluding carboxylic acids is 1. The summed E-state index contributed by atoms with van der Waals surface area (Å²) in [7, 11) is 0. The number of imidazole rings is 1. The topological polar surface area (TPSA) is 101 Å². The second kappa shape index (κ2) is 7.55. The van der Waals surface area contributed by atoms with E-state index in [0.29, 0.717) is 10.1 Å². The number of benzene rings is 1. The van der Waals surface area contributed by atoms with Gasteiger partial charge in [0.15, 0.2) is 11.3 Å². The van der Waals surface area contributed by atoms with E-state index in [1.165, 1.54) is 22.8 Å². The number of aromatic nitrogens is 3. The standard InChI is InChI=1S/C15H13BrFN5O3/c16-9-1-2-11(10(17)7-9)19-12-8-13-18-3-4-22(13)20-14(12)15(24)21-25-6-5-23/h1-4,7-8,19,23H,5-6H2,(H,21,24). The maximum absolute atomic E-state index is 14.1. The van der Waals surface area contributed by atoms with Gasteiger partial charge in [0.25, 0.3) is 5.91 Å². The zero-order valence-corrected chi connectivity index (χ0v) is 14.3. The molecule has 3 aromatic rings. The quantitative estimate of drug-likeness (QED) is 0.425. The average molecular weight is 410 g/mol. The largest absolute Gasteiger partial charge is 0.394 e. The van der Waals surface area contributed by atoms with Crippen LogP contribution in [0.15, 0.2) is 41.1 Å². The molecule has 0 radical (unpaired) electrons. The second-order valence-electron chi connectivity index (χ2n) is 4.89. The van der Waals surface area contributed by atoms with E-state index in [2.05, 4.69) is 36.8 Å². The molecule has 1 amide bonds. The Morgan fingerprint density at radius 2 is 2.20 bits per heavy atom. The van der Waals surface area contributed by atoms with Crippen molar-refractivity contribution < 1.29 is 19.1 Å². The summed E-state index contributed by atoms with van der Waals surface area (Å²) in [4.78, 5) is 21.2. The van der Waals surface area contributed by atoms with Gasteiger partial charge in [-0.15, -0.1) is 0 Å². The molecule has 0 unspecified atom stereocenters. The van der Waals surface area contributed by atoms with E-state index in [0.717, 1.165) is 0 Å². The molecule has 0 saturated carbocycles. The summed E-state index contributed by atoms with van der Waals surface area (Å²) in [5, 5.41) is 15.7. The van der Waals surface area contributed by atoms with Crippen molar-refractivity contribution in [2.45, 2.75) is 0 Å².